The van der Waals surface area contributed by atoms with E-state index in [9.17, 15) is 28.1 Å². The van der Waals surface area contributed by atoms with Gasteiger partial charge in [0.2, 0.25) is 5.55 Å². The molecule has 0 aliphatic carbocycles. The molecule has 0 radical (unpaired) electrons. The summed E-state index contributed by atoms with van der Waals surface area (Å²) in [6.07, 6.45) is -4.64. The first-order chi connectivity index (χ1) is 13.1. The van der Waals surface area contributed by atoms with Crippen molar-refractivity contribution in [2.24, 2.45) is 0 Å². The zero-order chi connectivity index (χ0) is 20.6. The zero-order valence-electron chi connectivity index (χ0n) is 13.6. The average molecular weight is 412 g/mol. The molecule has 0 saturated heterocycles. The summed E-state index contributed by atoms with van der Waals surface area (Å²) in [6.45, 7) is 0. The topological polar surface area (TPSA) is 109 Å². The van der Waals surface area contributed by atoms with Crippen LogP contribution in [0.1, 0.15) is 15.9 Å². The number of amides is 1. The number of carbonyl (C=O) groups excluding carboxylic acids is 1. The van der Waals surface area contributed by atoms with E-state index in [0.717, 1.165) is 18.2 Å². The summed E-state index contributed by atoms with van der Waals surface area (Å²) in [4.78, 5) is 22.7. The Bertz CT molecular complexity index is 1170. The van der Waals surface area contributed by atoms with Crippen molar-refractivity contribution in [1.82, 2.24) is 0 Å². The van der Waals surface area contributed by atoms with Gasteiger partial charge in [0.15, 0.2) is 0 Å². The first-order valence-corrected chi connectivity index (χ1v) is 7.89. The van der Waals surface area contributed by atoms with Crippen LogP contribution in [-0.4, -0.2) is 10.8 Å². The highest BCUT2D eigenvalue weighted by molar-refractivity contribution is 6.34. The third-order valence-corrected chi connectivity index (χ3v) is 4.08. The van der Waals surface area contributed by atoms with Crippen LogP contribution in [-0.2, 0) is 6.18 Å². The number of benzene rings is 2. The van der Waals surface area contributed by atoms with Crippen LogP contribution in [0.25, 0.3) is 11.0 Å². The average Bonchev–Trinajstić information content (AvgIpc) is 2.61. The molecule has 0 fully saturated rings. The van der Waals surface area contributed by atoms with Crippen molar-refractivity contribution in [2.75, 3.05) is 5.32 Å². The largest absolute Gasteiger partial charge is 0.438 e. The smallest absolute Gasteiger partial charge is 0.416 e. The number of non-ortho nitro benzene ring substituents is 1. The molecule has 0 saturated carbocycles. The molecule has 11 heteroatoms. The summed E-state index contributed by atoms with van der Waals surface area (Å²) in [5.41, 5.74) is -2.35. The number of fused-ring (bicyclic) bond motifs is 1. The van der Waals surface area contributed by atoms with Crippen LogP contribution in [0.15, 0.2) is 46.9 Å². The Balaban J connectivity index is 2.01. The molecule has 7 nitrogen and oxygen atoms in total. The number of carbonyl (C=O) groups is 1. The van der Waals surface area contributed by atoms with E-state index >= 15 is 0 Å². The lowest BCUT2D eigenvalue weighted by Gasteiger charge is -2.11. The predicted octanol–water partition coefficient (Wildman–Crippen LogP) is 4.74. The molecule has 1 heterocycles. The first kappa shape index (κ1) is 19.4. The van der Waals surface area contributed by atoms with Gasteiger partial charge in [-0.25, -0.2) is 0 Å². The molecular formula is C17H9ClF3N3O4. The third kappa shape index (κ3) is 3.81. The van der Waals surface area contributed by atoms with E-state index in [1.807, 2.05) is 0 Å². The fourth-order valence-corrected chi connectivity index (χ4v) is 2.56. The predicted molar refractivity (Wildman–Crippen MR) is 93.1 cm³/mol. The van der Waals surface area contributed by atoms with Crippen LogP contribution in [0.4, 0.5) is 24.5 Å². The Morgan fingerprint density at radius 2 is 1.89 bits per heavy atom. The number of nitrogens with one attached hydrogen (secondary N) is 2. The maximum Gasteiger partial charge on any atom is 0.416 e. The number of halogens is 4. The second kappa shape index (κ2) is 6.97. The summed E-state index contributed by atoms with van der Waals surface area (Å²) in [5, 5.41) is 20.9. The summed E-state index contributed by atoms with van der Waals surface area (Å²) >= 11 is 5.84. The van der Waals surface area contributed by atoms with Gasteiger partial charge >= 0.3 is 6.18 Å². The van der Waals surface area contributed by atoms with Gasteiger partial charge in [-0.3, -0.25) is 20.3 Å². The summed E-state index contributed by atoms with van der Waals surface area (Å²) < 4.78 is 43.7. The highest BCUT2D eigenvalue weighted by Gasteiger charge is 2.31. The van der Waals surface area contributed by atoms with Crippen LogP contribution >= 0.6 is 11.6 Å². The van der Waals surface area contributed by atoms with Crippen LogP contribution in [0, 0.1) is 15.5 Å². The molecule has 3 rings (SSSR count). The number of hydrogen-bond donors (Lipinski definition) is 2. The van der Waals surface area contributed by atoms with Crippen LogP contribution in [0.5, 0.6) is 0 Å². The monoisotopic (exact) mass is 411 g/mol. The second-order valence-corrected chi connectivity index (χ2v) is 6.02. The van der Waals surface area contributed by atoms with E-state index in [1.165, 1.54) is 18.2 Å². The lowest BCUT2D eigenvalue weighted by Crippen LogP contribution is -2.21. The minimum absolute atomic E-state index is 0.129. The lowest BCUT2D eigenvalue weighted by molar-refractivity contribution is -0.384. The Morgan fingerprint density at radius 1 is 1.18 bits per heavy atom. The number of nitro groups is 1. The van der Waals surface area contributed by atoms with Crippen molar-refractivity contribution >= 4 is 39.9 Å². The van der Waals surface area contributed by atoms with Crippen molar-refractivity contribution in [3.63, 3.8) is 0 Å². The van der Waals surface area contributed by atoms with Gasteiger partial charge in [-0.15, -0.1) is 0 Å². The zero-order valence-corrected chi connectivity index (χ0v) is 14.4. The van der Waals surface area contributed by atoms with Crippen molar-refractivity contribution in [3.8, 4) is 0 Å². The minimum Gasteiger partial charge on any atom is -0.438 e. The van der Waals surface area contributed by atoms with E-state index in [-0.39, 0.29) is 32.9 Å². The van der Waals surface area contributed by atoms with E-state index in [1.54, 1.807) is 0 Å². The number of anilines is 1. The highest BCUT2D eigenvalue weighted by Crippen LogP contribution is 2.34. The molecule has 144 valence electrons. The van der Waals surface area contributed by atoms with E-state index in [2.05, 4.69) is 5.32 Å². The molecule has 0 spiro atoms. The number of rotatable bonds is 3. The maximum absolute atomic E-state index is 12.8. The van der Waals surface area contributed by atoms with Gasteiger partial charge in [-0.2, -0.15) is 13.2 Å². The molecule has 0 bridgehead atoms. The van der Waals surface area contributed by atoms with E-state index in [4.69, 9.17) is 21.4 Å². The first-order valence-electron chi connectivity index (χ1n) is 7.51. The van der Waals surface area contributed by atoms with Gasteiger partial charge < -0.3 is 9.73 Å². The maximum atomic E-state index is 12.8. The minimum atomic E-state index is -4.64. The molecule has 28 heavy (non-hydrogen) atoms. The fourth-order valence-electron chi connectivity index (χ4n) is 2.40. The molecule has 1 aromatic heterocycles. The van der Waals surface area contributed by atoms with Gasteiger partial charge in [-0.1, -0.05) is 11.6 Å². The van der Waals surface area contributed by atoms with Gasteiger partial charge in [0, 0.05) is 17.5 Å². The van der Waals surface area contributed by atoms with Crippen molar-refractivity contribution < 1.29 is 27.3 Å². The van der Waals surface area contributed by atoms with Crippen molar-refractivity contribution in [1.29, 1.82) is 5.41 Å². The molecule has 0 aliphatic rings. The molecule has 1 amide bonds. The Labute approximate surface area is 159 Å². The summed E-state index contributed by atoms with van der Waals surface area (Å²) in [7, 11) is 0. The third-order valence-electron chi connectivity index (χ3n) is 3.75. The second-order valence-electron chi connectivity index (χ2n) is 5.61. The summed E-state index contributed by atoms with van der Waals surface area (Å²) in [6, 6.07) is 7.17. The normalized spacial score (nSPS) is 11.4. The number of nitro benzene ring substituents is 1. The van der Waals surface area contributed by atoms with Crippen LogP contribution < -0.4 is 10.9 Å². The molecule has 0 unspecified atom stereocenters. The van der Waals surface area contributed by atoms with Gasteiger partial charge in [0.25, 0.3) is 11.6 Å². The molecular weight excluding hydrogens is 403 g/mol. The standard InChI is InChI=1S/C17H9ClF3N3O4/c18-12-3-1-9(17(19,20)21)7-13(12)23-16(25)11-6-8-5-10(24(26)27)2-4-14(8)28-15(11)22/h1-7,22H,(H,23,25). The molecule has 0 aliphatic heterocycles. The number of alkyl halides is 3. The quantitative estimate of drug-likeness (QED) is 0.479. The molecule has 2 aromatic carbocycles. The Kier molecular flexibility index (Phi) is 4.82. The van der Waals surface area contributed by atoms with Crippen LogP contribution in [0.3, 0.4) is 0 Å². The number of nitrogens with zero attached hydrogens (tertiary/aromatic N) is 1. The lowest BCUT2D eigenvalue weighted by atomic mass is 10.1. The van der Waals surface area contributed by atoms with Gasteiger partial charge in [0.1, 0.15) is 11.1 Å². The molecule has 0 atom stereocenters. The highest BCUT2D eigenvalue weighted by atomic mass is 35.5. The van der Waals surface area contributed by atoms with Crippen molar-refractivity contribution in [3.05, 3.63) is 74.3 Å². The fraction of sp³-hybridized carbons (Fsp3) is 0.0588. The Hall–Kier alpha value is -3.40. The number of hydrogen-bond acceptors (Lipinski definition) is 5. The molecule has 3 aromatic rings. The molecule has 2 N–H and O–H groups in total. The van der Waals surface area contributed by atoms with Gasteiger partial charge in [0.05, 0.1) is 21.2 Å². The summed E-state index contributed by atoms with van der Waals surface area (Å²) in [5.74, 6) is -0.955. The van der Waals surface area contributed by atoms with E-state index < -0.39 is 28.1 Å². The van der Waals surface area contributed by atoms with Crippen molar-refractivity contribution in [2.45, 2.75) is 6.18 Å². The van der Waals surface area contributed by atoms with Gasteiger partial charge in [-0.05, 0) is 30.3 Å². The van der Waals surface area contributed by atoms with E-state index in [0.29, 0.717) is 6.07 Å². The van der Waals surface area contributed by atoms with Crippen LogP contribution in [0.2, 0.25) is 5.02 Å². The SMILES string of the molecule is N=c1oc2ccc([N+](=O)[O-])cc2cc1C(=O)Nc1cc(C(F)(F)F)ccc1Cl. The Morgan fingerprint density at radius 3 is 2.54 bits per heavy atom.